The van der Waals surface area contributed by atoms with Gasteiger partial charge < -0.3 is 19.1 Å². The summed E-state index contributed by atoms with van der Waals surface area (Å²) in [6.07, 6.45) is 0. The van der Waals surface area contributed by atoms with Crippen LogP contribution >= 0.6 is 27.3 Å². The smallest absolute Gasteiger partial charge is 0.266 e. The van der Waals surface area contributed by atoms with Gasteiger partial charge in [0.05, 0.1) is 6.04 Å². The van der Waals surface area contributed by atoms with Crippen molar-refractivity contribution in [2.24, 2.45) is 0 Å². The van der Waals surface area contributed by atoms with Crippen molar-refractivity contribution in [2.45, 2.75) is 6.04 Å². The number of anilines is 1. The fourth-order valence-electron chi connectivity index (χ4n) is 2.26. The van der Waals surface area contributed by atoms with Gasteiger partial charge in [0.15, 0.2) is 10.4 Å². The van der Waals surface area contributed by atoms with Crippen LogP contribution in [0.2, 0.25) is 0 Å². The highest BCUT2D eigenvalue weighted by Gasteiger charge is 2.20. The van der Waals surface area contributed by atoms with Gasteiger partial charge in [-0.05, 0) is 53.6 Å². The number of nitrogens with one attached hydrogen (secondary N) is 1. The van der Waals surface area contributed by atoms with E-state index < -0.39 is 0 Å². The molecular formula is C16H15BrN4O2S. The Bertz CT molecular complexity index is 848. The highest BCUT2D eigenvalue weighted by Crippen LogP contribution is 2.29. The number of likely N-dealkylation sites (N-methyl/N-ethyl adjacent to an activating group) is 1. The van der Waals surface area contributed by atoms with Crippen LogP contribution in [0.3, 0.4) is 0 Å². The van der Waals surface area contributed by atoms with Gasteiger partial charge in [-0.25, -0.2) is 0 Å². The number of oxazole rings is 1. The first-order valence-electron chi connectivity index (χ1n) is 7.19. The molecule has 3 aromatic rings. The van der Waals surface area contributed by atoms with Gasteiger partial charge in [0.25, 0.3) is 5.89 Å². The molecule has 6 nitrogen and oxygen atoms in total. The molecule has 0 aliphatic carbocycles. The Labute approximate surface area is 151 Å². The van der Waals surface area contributed by atoms with Crippen molar-refractivity contribution in [3.05, 3.63) is 44.9 Å². The Kier molecular flexibility index (Phi) is 5.04. The maximum Gasteiger partial charge on any atom is 0.266 e. The molecule has 3 rings (SSSR count). The third kappa shape index (κ3) is 3.53. The first-order valence-corrected chi connectivity index (χ1v) is 8.86. The molecule has 0 amide bonds. The number of halogens is 1. The average Bonchev–Trinajstić information content (AvgIpc) is 3.27. The predicted octanol–water partition coefficient (Wildman–Crippen LogP) is 4.35. The Hall–Kier alpha value is -2.08. The number of rotatable bonds is 6. The number of aromatic nitrogens is 1. The highest BCUT2D eigenvalue weighted by molar-refractivity contribution is 9.10. The van der Waals surface area contributed by atoms with Gasteiger partial charge in [-0.1, -0.05) is 6.07 Å². The van der Waals surface area contributed by atoms with Gasteiger partial charge in [0.2, 0.25) is 11.6 Å². The highest BCUT2D eigenvalue weighted by atomic mass is 79.9. The van der Waals surface area contributed by atoms with Gasteiger partial charge in [-0.3, -0.25) is 0 Å². The van der Waals surface area contributed by atoms with Gasteiger partial charge in [0, 0.05) is 11.4 Å². The summed E-state index contributed by atoms with van der Waals surface area (Å²) < 4.78 is 11.7. The molecule has 1 N–H and O–H groups in total. The molecule has 0 bridgehead atoms. The van der Waals surface area contributed by atoms with Crippen LogP contribution in [0.1, 0.15) is 16.6 Å². The van der Waals surface area contributed by atoms with Crippen LogP contribution in [-0.4, -0.2) is 30.5 Å². The molecule has 0 aliphatic rings. The SMILES string of the molecule is CN(C)[C@H](CNc1oc(-c2ccc(Br)o2)nc1C#N)c1cccs1. The van der Waals surface area contributed by atoms with Crippen molar-refractivity contribution in [2.75, 3.05) is 26.0 Å². The van der Waals surface area contributed by atoms with E-state index in [1.165, 1.54) is 4.88 Å². The molecule has 0 saturated carbocycles. The van der Waals surface area contributed by atoms with Crippen molar-refractivity contribution in [3.8, 4) is 17.7 Å². The normalized spacial score (nSPS) is 12.3. The molecule has 0 aliphatic heterocycles. The molecule has 3 aromatic heterocycles. The maximum atomic E-state index is 9.28. The van der Waals surface area contributed by atoms with E-state index in [1.54, 1.807) is 23.5 Å². The number of hydrogen-bond acceptors (Lipinski definition) is 7. The minimum atomic E-state index is 0.169. The lowest BCUT2D eigenvalue weighted by atomic mass is 10.2. The third-order valence-electron chi connectivity index (χ3n) is 3.47. The van der Waals surface area contributed by atoms with E-state index in [2.05, 4.69) is 37.2 Å². The number of nitrogens with zero attached hydrogens (tertiary/aromatic N) is 3. The van der Waals surface area contributed by atoms with Crippen LogP contribution in [0.4, 0.5) is 5.88 Å². The molecule has 0 saturated heterocycles. The van der Waals surface area contributed by atoms with Crippen LogP contribution in [0.25, 0.3) is 11.7 Å². The van der Waals surface area contributed by atoms with E-state index in [9.17, 15) is 5.26 Å². The maximum absolute atomic E-state index is 9.28. The van der Waals surface area contributed by atoms with E-state index in [0.29, 0.717) is 22.9 Å². The summed E-state index contributed by atoms with van der Waals surface area (Å²) in [6, 6.07) is 9.81. The van der Waals surface area contributed by atoms with Gasteiger partial charge in [0.1, 0.15) is 6.07 Å². The van der Waals surface area contributed by atoms with Crippen LogP contribution in [-0.2, 0) is 0 Å². The fraction of sp³-hybridized carbons (Fsp3) is 0.250. The summed E-state index contributed by atoms with van der Waals surface area (Å²) in [4.78, 5) is 7.54. The molecule has 1 atom stereocenters. The molecule has 0 spiro atoms. The Morgan fingerprint density at radius 1 is 1.38 bits per heavy atom. The molecule has 3 heterocycles. The van der Waals surface area contributed by atoms with Gasteiger partial charge in [-0.2, -0.15) is 10.2 Å². The van der Waals surface area contributed by atoms with E-state index in [1.807, 2.05) is 31.6 Å². The number of furan rings is 1. The summed E-state index contributed by atoms with van der Waals surface area (Å²) in [5.74, 6) is 1.09. The quantitative estimate of drug-likeness (QED) is 0.655. The van der Waals surface area contributed by atoms with Crippen LogP contribution in [0.15, 0.2) is 43.1 Å². The first-order chi connectivity index (χ1) is 11.6. The molecule has 124 valence electrons. The molecule has 0 fully saturated rings. The largest absolute Gasteiger partial charge is 0.444 e. The summed E-state index contributed by atoms with van der Waals surface area (Å²) in [7, 11) is 4.03. The van der Waals surface area contributed by atoms with E-state index in [-0.39, 0.29) is 17.6 Å². The second kappa shape index (κ2) is 7.21. The number of nitriles is 1. The monoisotopic (exact) mass is 406 g/mol. The molecule has 0 aromatic carbocycles. The standard InChI is InChI=1S/C16H15BrN4O2S/c1-21(2)11(13-4-3-7-24-13)9-19-15-10(8-18)20-16(23-15)12-5-6-14(17)22-12/h3-7,11,19H,9H2,1-2H3/t11-/m1/s1. The fourth-order valence-corrected chi connectivity index (χ4v) is 3.49. The Balaban J connectivity index is 1.79. The zero-order valence-electron chi connectivity index (χ0n) is 13.1. The van der Waals surface area contributed by atoms with Crippen LogP contribution < -0.4 is 5.32 Å². The molecule has 0 radical (unpaired) electrons. The molecule has 24 heavy (non-hydrogen) atoms. The topological polar surface area (TPSA) is 78.2 Å². The van der Waals surface area contributed by atoms with Crippen molar-refractivity contribution in [1.29, 1.82) is 5.26 Å². The zero-order valence-corrected chi connectivity index (χ0v) is 15.5. The minimum absolute atomic E-state index is 0.169. The van der Waals surface area contributed by atoms with Crippen LogP contribution in [0, 0.1) is 11.3 Å². The second-order valence-electron chi connectivity index (χ2n) is 5.29. The zero-order chi connectivity index (χ0) is 17.1. The summed E-state index contributed by atoms with van der Waals surface area (Å²) in [6.45, 7) is 0.596. The number of hydrogen-bond donors (Lipinski definition) is 1. The van der Waals surface area contributed by atoms with Gasteiger partial charge in [-0.15, -0.1) is 11.3 Å². The molecular weight excluding hydrogens is 392 g/mol. The molecule has 0 unspecified atom stereocenters. The lowest BCUT2D eigenvalue weighted by molar-refractivity contribution is 0.314. The third-order valence-corrected chi connectivity index (χ3v) is 4.87. The van der Waals surface area contributed by atoms with Crippen LogP contribution in [0.5, 0.6) is 0 Å². The van der Waals surface area contributed by atoms with Crippen molar-refractivity contribution in [1.82, 2.24) is 9.88 Å². The lowest BCUT2D eigenvalue weighted by Gasteiger charge is -2.23. The summed E-state index contributed by atoms with van der Waals surface area (Å²) >= 11 is 4.93. The summed E-state index contributed by atoms with van der Waals surface area (Å²) in [5, 5.41) is 14.5. The minimum Gasteiger partial charge on any atom is -0.444 e. The first kappa shape index (κ1) is 16.8. The average molecular weight is 407 g/mol. The second-order valence-corrected chi connectivity index (χ2v) is 7.05. The van der Waals surface area contributed by atoms with Gasteiger partial charge >= 0.3 is 0 Å². The Morgan fingerprint density at radius 3 is 2.79 bits per heavy atom. The lowest BCUT2D eigenvalue weighted by Crippen LogP contribution is -2.26. The van der Waals surface area contributed by atoms with E-state index in [0.717, 1.165) is 0 Å². The van der Waals surface area contributed by atoms with Crippen molar-refractivity contribution < 1.29 is 8.83 Å². The Morgan fingerprint density at radius 2 is 2.21 bits per heavy atom. The molecule has 8 heteroatoms. The van der Waals surface area contributed by atoms with E-state index in [4.69, 9.17) is 8.83 Å². The number of thiophene rings is 1. The summed E-state index contributed by atoms with van der Waals surface area (Å²) in [5.41, 5.74) is 0.209. The van der Waals surface area contributed by atoms with E-state index >= 15 is 0 Å². The van der Waals surface area contributed by atoms with Crippen molar-refractivity contribution >= 4 is 33.2 Å². The van der Waals surface area contributed by atoms with Crippen molar-refractivity contribution in [3.63, 3.8) is 0 Å². The predicted molar refractivity (Wildman–Crippen MR) is 95.9 cm³/mol.